The van der Waals surface area contributed by atoms with Crippen LogP contribution in [0.5, 0.6) is 17.2 Å². The van der Waals surface area contributed by atoms with Gasteiger partial charge < -0.3 is 24.7 Å². The van der Waals surface area contributed by atoms with Crippen molar-refractivity contribution >= 4 is 12.3 Å². The van der Waals surface area contributed by atoms with Crippen LogP contribution in [0, 0.1) is 5.21 Å². The van der Waals surface area contributed by atoms with E-state index in [1.54, 1.807) is 21.3 Å². The second-order valence-electron chi connectivity index (χ2n) is 9.96. The number of carbonyl (C=O) groups excluding carboxylic acids is 2. The molecule has 0 spiro atoms. The maximum Gasteiger partial charge on any atom is 0.331 e. The molecule has 3 rings (SSSR count). The lowest BCUT2D eigenvalue weighted by atomic mass is 9.98. The van der Waals surface area contributed by atoms with Crippen molar-refractivity contribution in [1.82, 2.24) is 10.2 Å². The molecule has 1 aliphatic rings. The SMILES string of the molecule is CCCCCCCNC=O.COc1cc(-c2ccc(CC3C(=O)[N+](C)([O-])CCN3C)cc2)cc(OC)c1OC. The van der Waals surface area contributed by atoms with E-state index in [1.807, 2.05) is 48.3 Å². The minimum Gasteiger partial charge on any atom is -0.625 e. The highest BCUT2D eigenvalue weighted by Crippen LogP contribution is 2.41. The minimum absolute atomic E-state index is 0.285. The fourth-order valence-electron chi connectivity index (χ4n) is 4.56. The molecule has 9 heteroatoms. The molecule has 0 aromatic heterocycles. The fraction of sp³-hybridized carbons (Fsp3) is 0.533. The van der Waals surface area contributed by atoms with Crippen LogP contribution in [0.4, 0.5) is 0 Å². The lowest BCUT2D eigenvalue weighted by Gasteiger charge is -2.45. The molecule has 2 amide bonds. The molecule has 1 saturated heterocycles. The summed E-state index contributed by atoms with van der Waals surface area (Å²) in [4.78, 5) is 24.3. The van der Waals surface area contributed by atoms with Gasteiger partial charge in [-0.1, -0.05) is 56.9 Å². The van der Waals surface area contributed by atoms with Crippen molar-refractivity contribution in [2.24, 2.45) is 0 Å². The smallest absolute Gasteiger partial charge is 0.331 e. The Morgan fingerprint density at radius 1 is 1.00 bits per heavy atom. The summed E-state index contributed by atoms with van der Waals surface area (Å²) >= 11 is 0. The van der Waals surface area contributed by atoms with Crippen molar-refractivity contribution in [3.05, 3.63) is 47.2 Å². The van der Waals surface area contributed by atoms with E-state index in [-0.39, 0.29) is 5.91 Å². The van der Waals surface area contributed by atoms with Gasteiger partial charge in [-0.3, -0.25) is 14.3 Å². The Kier molecular flexibility index (Phi) is 13.2. The third kappa shape index (κ3) is 9.23. The average Bonchev–Trinajstić information content (AvgIpc) is 2.95. The van der Waals surface area contributed by atoms with Crippen molar-refractivity contribution in [3.63, 3.8) is 0 Å². The highest BCUT2D eigenvalue weighted by atomic mass is 16.6. The molecule has 0 saturated carbocycles. The molecule has 9 nitrogen and oxygen atoms in total. The molecular formula is C30H45N3O6. The van der Waals surface area contributed by atoms with E-state index in [2.05, 4.69) is 12.2 Å². The third-order valence-electron chi connectivity index (χ3n) is 7.05. The number of benzene rings is 2. The monoisotopic (exact) mass is 543 g/mol. The Morgan fingerprint density at radius 3 is 2.15 bits per heavy atom. The van der Waals surface area contributed by atoms with Gasteiger partial charge in [0.05, 0.1) is 34.9 Å². The summed E-state index contributed by atoms with van der Waals surface area (Å²) in [7, 11) is 8.08. The zero-order chi connectivity index (χ0) is 28.8. The van der Waals surface area contributed by atoms with Crippen LogP contribution in [0.3, 0.4) is 0 Å². The quantitative estimate of drug-likeness (QED) is 0.173. The molecule has 2 unspecified atom stereocenters. The maximum atomic E-state index is 12.5. The van der Waals surface area contributed by atoms with Crippen LogP contribution in [0.2, 0.25) is 0 Å². The highest BCUT2D eigenvalue weighted by Gasteiger charge is 2.39. The first-order valence-electron chi connectivity index (χ1n) is 13.6. The minimum atomic E-state index is -0.807. The van der Waals surface area contributed by atoms with Crippen LogP contribution in [0.15, 0.2) is 36.4 Å². The van der Waals surface area contributed by atoms with Crippen molar-refractivity contribution in [3.8, 4) is 28.4 Å². The number of ether oxygens (including phenoxy) is 3. The Morgan fingerprint density at radius 2 is 1.62 bits per heavy atom. The second-order valence-corrected chi connectivity index (χ2v) is 9.96. The fourth-order valence-corrected chi connectivity index (χ4v) is 4.56. The van der Waals surface area contributed by atoms with Gasteiger partial charge in [-0.25, -0.2) is 4.79 Å². The van der Waals surface area contributed by atoms with Crippen LogP contribution in [-0.2, 0) is 16.0 Å². The number of hydrogen-bond donors (Lipinski definition) is 1. The first kappa shape index (κ1) is 32.1. The summed E-state index contributed by atoms with van der Waals surface area (Å²) < 4.78 is 15.4. The molecule has 1 N–H and O–H groups in total. The zero-order valence-electron chi connectivity index (χ0n) is 24.3. The van der Waals surface area contributed by atoms with E-state index in [4.69, 9.17) is 14.2 Å². The molecule has 0 radical (unpaired) electrons. The number of nitrogens with zero attached hydrogens (tertiary/aromatic N) is 2. The number of hydroxylamine groups is 3. The predicted molar refractivity (Wildman–Crippen MR) is 154 cm³/mol. The van der Waals surface area contributed by atoms with Gasteiger partial charge in [-0.2, -0.15) is 0 Å². The summed E-state index contributed by atoms with van der Waals surface area (Å²) in [5.41, 5.74) is 2.93. The van der Waals surface area contributed by atoms with Crippen LogP contribution in [0.1, 0.15) is 44.6 Å². The molecule has 1 fully saturated rings. The van der Waals surface area contributed by atoms with Crippen molar-refractivity contribution in [1.29, 1.82) is 0 Å². The van der Waals surface area contributed by atoms with Gasteiger partial charge in [0.2, 0.25) is 12.2 Å². The van der Waals surface area contributed by atoms with Gasteiger partial charge in [-0.05, 0) is 42.3 Å². The molecule has 2 aromatic carbocycles. The normalized spacial score (nSPS) is 19.1. The predicted octanol–water partition coefficient (Wildman–Crippen LogP) is 4.41. The average molecular weight is 544 g/mol. The Balaban J connectivity index is 0.000000455. The Bertz CT molecular complexity index is 1020. The standard InChI is InChI=1S/C22H28N2O5.C8H17NO/c1-23-10-11-24(2,26)22(25)18(23)12-15-6-8-16(9-7-15)17-13-19(27-3)21(29-5)20(14-17)28-4;1-2-3-4-5-6-7-9-8-10/h6-9,13-14,18H,10-12H2,1-5H3;8H,2-7H2,1H3,(H,9,10). The second kappa shape index (κ2) is 16.1. The summed E-state index contributed by atoms with van der Waals surface area (Å²) in [5.74, 6) is 1.45. The number of piperazine rings is 1. The van der Waals surface area contributed by atoms with E-state index in [1.165, 1.54) is 32.7 Å². The van der Waals surface area contributed by atoms with Gasteiger partial charge in [0.15, 0.2) is 11.5 Å². The van der Waals surface area contributed by atoms with Gasteiger partial charge in [0.1, 0.15) is 6.04 Å². The van der Waals surface area contributed by atoms with Crippen LogP contribution in [0.25, 0.3) is 11.1 Å². The van der Waals surface area contributed by atoms with Gasteiger partial charge in [-0.15, -0.1) is 0 Å². The summed E-state index contributed by atoms with van der Waals surface area (Å²) in [6.07, 6.45) is 7.55. The van der Waals surface area contributed by atoms with E-state index in [0.29, 0.717) is 36.8 Å². The number of hydrogen-bond acceptors (Lipinski definition) is 7. The first-order valence-corrected chi connectivity index (χ1v) is 13.6. The maximum absolute atomic E-state index is 12.5. The van der Waals surface area contributed by atoms with Gasteiger partial charge in [0.25, 0.3) is 0 Å². The highest BCUT2D eigenvalue weighted by molar-refractivity contribution is 5.77. The molecular weight excluding hydrogens is 498 g/mol. The largest absolute Gasteiger partial charge is 0.625 e. The van der Waals surface area contributed by atoms with E-state index in [0.717, 1.165) is 36.1 Å². The third-order valence-corrected chi connectivity index (χ3v) is 7.05. The molecule has 2 aromatic rings. The lowest BCUT2D eigenvalue weighted by Crippen LogP contribution is -2.62. The topological polar surface area (TPSA) is 100 Å². The number of amides is 2. The van der Waals surface area contributed by atoms with Crippen LogP contribution in [-0.4, -0.2) is 83.0 Å². The van der Waals surface area contributed by atoms with E-state index >= 15 is 0 Å². The summed E-state index contributed by atoms with van der Waals surface area (Å²) in [6.45, 7) is 3.95. The number of likely N-dealkylation sites (N-methyl/N-ethyl adjacent to an activating group) is 2. The zero-order valence-corrected chi connectivity index (χ0v) is 24.3. The van der Waals surface area contributed by atoms with Crippen molar-refractivity contribution < 1.29 is 28.4 Å². The van der Waals surface area contributed by atoms with E-state index < -0.39 is 10.7 Å². The molecule has 0 bridgehead atoms. The van der Waals surface area contributed by atoms with Crippen LogP contribution >= 0.6 is 0 Å². The first-order chi connectivity index (χ1) is 18.7. The van der Waals surface area contributed by atoms with Crippen molar-refractivity contribution in [2.75, 3.05) is 55.1 Å². The molecule has 39 heavy (non-hydrogen) atoms. The molecule has 0 aliphatic carbocycles. The number of unbranched alkanes of at least 4 members (excludes halogenated alkanes) is 4. The van der Waals surface area contributed by atoms with Gasteiger partial charge in [0, 0.05) is 19.5 Å². The molecule has 216 valence electrons. The van der Waals surface area contributed by atoms with Crippen LogP contribution < -0.4 is 19.5 Å². The Labute approximate surface area is 233 Å². The Hall–Kier alpha value is -3.14. The van der Waals surface area contributed by atoms with E-state index in [9.17, 15) is 14.8 Å². The summed E-state index contributed by atoms with van der Waals surface area (Å²) in [5, 5.41) is 15.0. The lowest BCUT2D eigenvalue weighted by molar-refractivity contribution is -0.788. The number of quaternary nitrogens is 1. The number of rotatable bonds is 13. The number of nitrogens with one attached hydrogen (secondary N) is 1. The summed E-state index contributed by atoms with van der Waals surface area (Å²) in [6, 6.07) is 11.4. The molecule has 1 heterocycles. The molecule has 2 atom stereocenters. The molecule has 1 aliphatic heterocycles. The number of methoxy groups -OCH3 is 3. The van der Waals surface area contributed by atoms with Gasteiger partial charge >= 0.3 is 5.91 Å². The number of carbonyl (C=O) groups is 2. The van der Waals surface area contributed by atoms with Crippen molar-refractivity contribution in [2.45, 2.75) is 51.5 Å².